The smallest absolute Gasteiger partial charge is 0.274 e. The van der Waals surface area contributed by atoms with E-state index in [2.05, 4.69) is 25.1 Å². The molecular formula is C17H24N6O2. The second-order valence-corrected chi connectivity index (χ2v) is 7.02. The number of likely N-dealkylation sites (tertiary alicyclic amines) is 1. The van der Waals surface area contributed by atoms with E-state index in [1.165, 1.54) is 0 Å². The third kappa shape index (κ3) is 3.32. The van der Waals surface area contributed by atoms with Crippen LogP contribution in [0.2, 0.25) is 0 Å². The van der Waals surface area contributed by atoms with Crippen molar-refractivity contribution in [2.75, 3.05) is 26.2 Å². The Morgan fingerprint density at radius 3 is 3.08 bits per heavy atom. The predicted octanol–water partition coefficient (Wildman–Crippen LogP) is -0.264. The zero-order valence-electron chi connectivity index (χ0n) is 14.4. The van der Waals surface area contributed by atoms with Gasteiger partial charge in [0.2, 0.25) is 0 Å². The first kappa shape index (κ1) is 16.3. The Morgan fingerprint density at radius 1 is 1.40 bits per heavy atom. The lowest BCUT2D eigenvalue weighted by atomic mass is 10.0. The second kappa shape index (κ2) is 6.61. The molecule has 1 saturated heterocycles. The highest BCUT2D eigenvalue weighted by molar-refractivity contribution is 5.92. The van der Waals surface area contributed by atoms with Crippen LogP contribution in [0.1, 0.15) is 27.7 Å². The molecule has 0 aromatic carbocycles. The Kier molecular flexibility index (Phi) is 4.30. The summed E-state index contributed by atoms with van der Waals surface area (Å²) in [5.74, 6) is 0.876. The van der Waals surface area contributed by atoms with Gasteiger partial charge in [-0.1, -0.05) is 0 Å². The van der Waals surface area contributed by atoms with E-state index in [-0.39, 0.29) is 11.8 Å². The molecule has 1 amide bonds. The number of β-amino-alcohol motifs (C(OH)–C–C–N with tert-alkyl or cyclic N) is 1. The van der Waals surface area contributed by atoms with Gasteiger partial charge < -0.3 is 19.9 Å². The molecule has 0 radical (unpaired) electrons. The molecule has 2 atom stereocenters. The molecule has 8 nitrogen and oxygen atoms in total. The number of rotatable bonds is 3. The van der Waals surface area contributed by atoms with Gasteiger partial charge in [-0.3, -0.25) is 9.89 Å². The van der Waals surface area contributed by atoms with Gasteiger partial charge >= 0.3 is 0 Å². The van der Waals surface area contributed by atoms with Gasteiger partial charge in [-0.05, 0) is 19.4 Å². The Balaban J connectivity index is 1.44. The zero-order valence-corrected chi connectivity index (χ0v) is 14.4. The maximum atomic E-state index is 12.8. The Labute approximate surface area is 146 Å². The fourth-order valence-corrected chi connectivity index (χ4v) is 3.71. The van der Waals surface area contributed by atoms with Crippen LogP contribution in [0.3, 0.4) is 0 Å². The van der Waals surface area contributed by atoms with Crippen LogP contribution in [0, 0.1) is 12.8 Å². The summed E-state index contributed by atoms with van der Waals surface area (Å²) in [6, 6.07) is 1.98. The van der Waals surface area contributed by atoms with E-state index in [0.717, 1.165) is 43.3 Å². The number of hydrogen-bond acceptors (Lipinski definition) is 5. The average molecular weight is 344 g/mol. The summed E-state index contributed by atoms with van der Waals surface area (Å²) in [5.41, 5.74) is 2.42. The molecule has 4 rings (SSSR count). The van der Waals surface area contributed by atoms with Crippen molar-refractivity contribution < 1.29 is 9.90 Å². The van der Waals surface area contributed by atoms with Gasteiger partial charge in [0.15, 0.2) is 0 Å². The van der Waals surface area contributed by atoms with Gasteiger partial charge in [0, 0.05) is 57.0 Å². The first-order valence-corrected chi connectivity index (χ1v) is 8.85. The molecule has 2 aromatic heterocycles. The minimum absolute atomic E-state index is 0.0105. The van der Waals surface area contributed by atoms with E-state index in [0.29, 0.717) is 25.2 Å². The van der Waals surface area contributed by atoms with Crippen LogP contribution in [-0.2, 0) is 19.4 Å². The standard InChI is InChI=1S/C17H24N6O2/c1-11-6-13(21-20-11)7-12-8-23(10-15(12)24)17(25)14-9-22-5-4-18-3-2-16(22)19-14/h6,9,12,15,18,24H,2-5,7-8,10H2,1H3,(H,20,21)/t12-,15-/m1/s1. The predicted molar refractivity (Wildman–Crippen MR) is 91.2 cm³/mol. The maximum absolute atomic E-state index is 12.8. The largest absolute Gasteiger partial charge is 0.391 e. The second-order valence-electron chi connectivity index (χ2n) is 7.02. The van der Waals surface area contributed by atoms with Gasteiger partial charge in [0.05, 0.1) is 11.8 Å². The molecule has 2 aromatic rings. The third-order valence-corrected chi connectivity index (χ3v) is 5.06. The topological polar surface area (TPSA) is 99.1 Å². The van der Waals surface area contributed by atoms with E-state index in [1.54, 1.807) is 4.90 Å². The fourth-order valence-electron chi connectivity index (χ4n) is 3.71. The quantitative estimate of drug-likeness (QED) is 0.712. The number of aromatic nitrogens is 4. The highest BCUT2D eigenvalue weighted by Crippen LogP contribution is 2.23. The number of fused-ring (bicyclic) bond motifs is 1. The first-order valence-electron chi connectivity index (χ1n) is 8.85. The summed E-state index contributed by atoms with van der Waals surface area (Å²) in [7, 11) is 0. The number of aromatic amines is 1. The Hall–Kier alpha value is -2.19. The molecule has 3 N–H and O–H groups in total. The van der Waals surface area contributed by atoms with Gasteiger partial charge in [-0.2, -0.15) is 5.10 Å². The Morgan fingerprint density at radius 2 is 2.28 bits per heavy atom. The molecule has 25 heavy (non-hydrogen) atoms. The molecule has 0 bridgehead atoms. The molecule has 2 aliphatic heterocycles. The van der Waals surface area contributed by atoms with Crippen LogP contribution in [0.4, 0.5) is 0 Å². The van der Waals surface area contributed by atoms with Gasteiger partial charge in [0.1, 0.15) is 11.5 Å². The van der Waals surface area contributed by atoms with E-state index in [4.69, 9.17) is 0 Å². The number of imidazole rings is 1. The lowest BCUT2D eigenvalue weighted by Crippen LogP contribution is -2.30. The van der Waals surface area contributed by atoms with Crippen molar-refractivity contribution in [3.05, 3.63) is 35.2 Å². The lowest BCUT2D eigenvalue weighted by Gasteiger charge is -2.14. The van der Waals surface area contributed by atoms with Crippen molar-refractivity contribution in [3.63, 3.8) is 0 Å². The molecule has 0 unspecified atom stereocenters. The maximum Gasteiger partial charge on any atom is 0.274 e. The van der Waals surface area contributed by atoms with Crippen molar-refractivity contribution in [1.29, 1.82) is 0 Å². The highest BCUT2D eigenvalue weighted by Gasteiger charge is 2.35. The van der Waals surface area contributed by atoms with E-state index < -0.39 is 6.10 Å². The molecule has 2 aliphatic rings. The van der Waals surface area contributed by atoms with Crippen molar-refractivity contribution in [1.82, 2.24) is 30.0 Å². The normalized spacial score (nSPS) is 23.5. The third-order valence-electron chi connectivity index (χ3n) is 5.06. The van der Waals surface area contributed by atoms with Gasteiger partial charge in [0.25, 0.3) is 5.91 Å². The summed E-state index contributed by atoms with van der Waals surface area (Å²) in [6.45, 7) is 5.46. The summed E-state index contributed by atoms with van der Waals surface area (Å²) in [5, 5.41) is 20.8. The lowest BCUT2D eigenvalue weighted by molar-refractivity contribution is 0.0759. The van der Waals surface area contributed by atoms with Crippen LogP contribution >= 0.6 is 0 Å². The number of nitrogens with zero attached hydrogens (tertiary/aromatic N) is 4. The summed E-state index contributed by atoms with van der Waals surface area (Å²) < 4.78 is 2.06. The van der Waals surface area contributed by atoms with Gasteiger partial charge in [-0.15, -0.1) is 0 Å². The molecule has 134 valence electrons. The molecule has 1 fully saturated rings. The van der Waals surface area contributed by atoms with Crippen LogP contribution < -0.4 is 5.32 Å². The van der Waals surface area contributed by atoms with E-state index in [9.17, 15) is 9.90 Å². The summed E-state index contributed by atoms with van der Waals surface area (Å²) in [4.78, 5) is 19.0. The molecular weight excluding hydrogens is 320 g/mol. The van der Waals surface area contributed by atoms with Crippen molar-refractivity contribution >= 4 is 5.91 Å². The van der Waals surface area contributed by atoms with Gasteiger partial charge in [-0.25, -0.2) is 4.98 Å². The van der Waals surface area contributed by atoms with Crippen LogP contribution in [0.15, 0.2) is 12.3 Å². The van der Waals surface area contributed by atoms with E-state index >= 15 is 0 Å². The van der Waals surface area contributed by atoms with Crippen molar-refractivity contribution in [2.45, 2.75) is 32.4 Å². The minimum Gasteiger partial charge on any atom is -0.391 e. The highest BCUT2D eigenvalue weighted by atomic mass is 16.3. The van der Waals surface area contributed by atoms with Crippen molar-refractivity contribution in [3.8, 4) is 0 Å². The van der Waals surface area contributed by atoms with E-state index in [1.807, 2.05) is 19.2 Å². The molecule has 4 heterocycles. The first-order chi connectivity index (χ1) is 12.1. The number of hydrogen-bond donors (Lipinski definition) is 3. The number of nitrogens with one attached hydrogen (secondary N) is 2. The minimum atomic E-state index is -0.523. The number of amides is 1. The summed E-state index contributed by atoms with van der Waals surface area (Å²) in [6.07, 6.45) is 2.82. The molecule has 0 saturated carbocycles. The number of aliphatic hydroxyl groups excluding tert-OH is 1. The Bertz CT molecular complexity index is 744. The average Bonchev–Trinajstić information content (AvgIpc) is 3.24. The number of aryl methyl sites for hydroxylation is 1. The number of aliphatic hydroxyl groups is 1. The number of carbonyl (C=O) groups is 1. The molecule has 0 aliphatic carbocycles. The zero-order chi connectivity index (χ0) is 17.4. The summed E-state index contributed by atoms with van der Waals surface area (Å²) >= 11 is 0. The monoisotopic (exact) mass is 344 g/mol. The van der Waals surface area contributed by atoms with Crippen molar-refractivity contribution in [2.24, 2.45) is 5.92 Å². The van der Waals surface area contributed by atoms with Crippen LogP contribution in [-0.4, -0.2) is 67.9 Å². The molecule has 8 heteroatoms. The molecule has 0 spiro atoms. The number of H-pyrrole nitrogens is 1. The fraction of sp³-hybridized carbons (Fsp3) is 0.588. The number of carbonyl (C=O) groups excluding carboxylic acids is 1. The van der Waals surface area contributed by atoms with Crippen LogP contribution in [0.25, 0.3) is 0 Å². The SMILES string of the molecule is Cc1cc(C[C@@H]2CN(C(=O)c3cn4c(n3)CCNCC4)C[C@H]2O)n[nH]1. The van der Waals surface area contributed by atoms with Crippen LogP contribution in [0.5, 0.6) is 0 Å².